The second-order valence-corrected chi connectivity index (χ2v) is 7.38. The van der Waals surface area contributed by atoms with Crippen LogP contribution in [-0.2, 0) is 6.18 Å². The number of nitro benzene ring substituents is 1. The molecule has 1 aliphatic carbocycles. The predicted molar refractivity (Wildman–Crippen MR) is 91.9 cm³/mol. The Morgan fingerprint density at radius 1 is 1.19 bits per heavy atom. The average molecular weight is 386 g/mol. The Kier molecular flexibility index (Phi) is 4.42. The summed E-state index contributed by atoms with van der Waals surface area (Å²) in [6, 6.07) is 1.93. The number of rotatable bonds is 4. The average Bonchev–Trinajstić information content (AvgIpc) is 3.34. The van der Waals surface area contributed by atoms with Gasteiger partial charge in [0.1, 0.15) is 17.0 Å². The van der Waals surface area contributed by atoms with Crippen LogP contribution in [0.3, 0.4) is 0 Å². The minimum atomic E-state index is -4.76. The molecule has 0 spiro atoms. The van der Waals surface area contributed by atoms with Gasteiger partial charge in [0, 0.05) is 44.3 Å². The number of hydrogen-bond acceptors (Lipinski definition) is 6. The van der Waals surface area contributed by atoms with Crippen molar-refractivity contribution in [2.45, 2.75) is 43.6 Å². The zero-order valence-corrected chi connectivity index (χ0v) is 14.6. The highest BCUT2D eigenvalue weighted by molar-refractivity contribution is 5.73. The third-order valence-electron chi connectivity index (χ3n) is 5.51. The highest BCUT2D eigenvalue weighted by Gasteiger charge is 2.46. The second kappa shape index (κ2) is 6.52. The van der Waals surface area contributed by atoms with Gasteiger partial charge in [0.25, 0.3) is 5.69 Å². The molecule has 1 aromatic rings. The molecule has 2 heterocycles. The summed E-state index contributed by atoms with van der Waals surface area (Å²) < 4.78 is 47.3. The predicted octanol–water partition coefficient (Wildman–Crippen LogP) is 2.38. The van der Waals surface area contributed by atoms with E-state index >= 15 is 0 Å². The van der Waals surface area contributed by atoms with Crippen LogP contribution >= 0.6 is 0 Å². The van der Waals surface area contributed by atoms with Crippen molar-refractivity contribution in [2.75, 3.05) is 31.1 Å². The van der Waals surface area contributed by atoms with Gasteiger partial charge in [0.2, 0.25) is 0 Å². The molecule has 4 rings (SSSR count). The van der Waals surface area contributed by atoms with E-state index in [-0.39, 0.29) is 37.0 Å². The minimum Gasteiger partial charge on any atom is -0.490 e. The van der Waals surface area contributed by atoms with E-state index < -0.39 is 28.0 Å². The van der Waals surface area contributed by atoms with Gasteiger partial charge < -0.3 is 15.4 Å². The topological polar surface area (TPSA) is 84.9 Å². The first-order valence-electron chi connectivity index (χ1n) is 9.05. The zero-order chi connectivity index (χ0) is 19.3. The van der Waals surface area contributed by atoms with Crippen LogP contribution in [0, 0.1) is 10.1 Å². The summed E-state index contributed by atoms with van der Waals surface area (Å²) in [5, 5.41) is 11.5. The molecule has 0 amide bonds. The van der Waals surface area contributed by atoms with E-state index in [1.165, 1.54) is 4.90 Å². The number of piperazine rings is 1. The Morgan fingerprint density at radius 2 is 1.93 bits per heavy atom. The molecule has 2 N–H and O–H groups in total. The van der Waals surface area contributed by atoms with Crippen molar-refractivity contribution in [1.29, 1.82) is 0 Å². The van der Waals surface area contributed by atoms with Crippen molar-refractivity contribution < 1.29 is 22.8 Å². The SMILES string of the molecule is N[C@@H]1CCN2CCN(c3c([N+](=O)[O-])ccc(OC4CC4)c3C(F)(F)F)C[C@@H]12. The van der Waals surface area contributed by atoms with Gasteiger partial charge in [-0.3, -0.25) is 15.0 Å². The van der Waals surface area contributed by atoms with Gasteiger partial charge in [-0.25, -0.2) is 0 Å². The lowest BCUT2D eigenvalue weighted by Crippen LogP contribution is -2.55. The number of alkyl halides is 3. The molecule has 1 aromatic carbocycles. The van der Waals surface area contributed by atoms with E-state index in [0.29, 0.717) is 19.4 Å². The number of nitrogens with zero attached hydrogens (tertiary/aromatic N) is 3. The number of anilines is 1. The van der Waals surface area contributed by atoms with Crippen LogP contribution in [0.2, 0.25) is 0 Å². The molecule has 7 nitrogen and oxygen atoms in total. The summed E-state index contributed by atoms with van der Waals surface area (Å²) in [4.78, 5) is 14.4. The monoisotopic (exact) mass is 386 g/mol. The lowest BCUT2D eigenvalue weighted by atomic mass is 10.0. The molecule has 3 aliphatic rings. The zero-order valence-electron chi connectivity index (χ0n) is 14.6. The number of nitro groups is 1. The van der Waals surface area contributed by atoms with Gasteiger partial charge in [-0.2, -0.15) is 13.2 Å². The van der Waals surface area contributed by atoms with E-state index in [1.807, 2.05) is 0 Å². The van der Waals surface area contributed by atoms with Crippen molar-refractivity contribution in [3.63, 3.8) is 0 Å². The molecular weight excluding hydrogens is 365 g/mol. The molecular formula is C17H21F3N4O3. The number of hydrogen-bond donors (Lipinski definition) is 1. The highest BCUT2D eigenvalue weighted by Crippen LogP contribution is 2.49. The second-order valence-electron chi connectivity index (χ2n) is 7.38. The highest BCUT2D eigenvalue weighted by atomic mass is 19.4. The maximum atomic E-state index is 14.0. The quantitative estimate of drug-likeness (QED) is 0.632. The molecule has 0 aromatic heterocycles. The number of fused-ring (bicyclic) bond motifs is 1. The Balaban J connectivity index is 1.79. The van der Waals surface area contributed by atoms with Gasteiger partial charge in [-0.05, 0) is 25.3 Å². The number of nitrogens with two attached hydrogens (primary N) is 1. The molecule has 3 fully saturated rings. The minimum absolute atomic E-state index is 0.104. The van der Waals surface area contributed by atoms with Crippen LogP contribution in [0.15, 0.2) is 12.1 Å². The summed E-state index contributed by atoms with van der Waals surface area (Å²) in [6.45, 7) is 1.84. The molecule has 10 heteroatoms. The molecule has 2 atom stereocenters. The first kappa shape index (κ1) is 18.3. The van der Waals surface area contributed by atoms with Crippen molar-refractivity contribution in [3.05, 3.63) is 27.8 Å². The number of halogens is 3. The van der Waals surface area contributed by atoms with Crippen LogP contribution in [-0.4, -0.2) is 54.2 Å². The lowest BCUT2D eigenvalue weighted by molar-refractivity contribution is -0.384. The van der Waals surface area contributed by atoms with E-state index in [0.717, 1.165) is 25.1 Å². The number of ether oxygens (including phenoxy) is 1. The first-order valence-corrected chi connectivity index (χ1v) is 9.05. The van der Waals surface area contributed by atoms with Gasteiger partial charge in [-0.1, -0.05) is 0 Å². The normalized spacial score (nSPS) is 26.1. The largest absolute Gasteiger partial charge is 0.490 e. The first-order chi connectivity index (χ1) is 12.8. The smallest absolute Gasteiger partial charge is 0.422 e. The molecule has 27 heavy (non-hydrogen) atoms. The molecule has 1 saturated carbocycles. The molecule has 2 aliphatic heterocycles. The van der Waals surface area contributed by atoms with Crippen molar-refractivity contribution in [3.8, 4) is 5.75 Å². The third-order valence-corrected chi connectivity index (χ3v) is 5.51. The fourth-order valence-electron chi connectivity index (χ4n) is 4.01. The Bertz CT molecular complexity index is 754. The van der Waals surface area contributed by atoms with E-state index in [2.05, 4.69) is 4.90 Å². The molecule has 0 bridgehead atoms. The van der Waals surface area contributed by atoms with E-state index in [4.69, 9.17) is 10.5 Å². The Hall–Kier alpha value is -2.07. The summed E-state index contributed by atoms with van der Waals surface area (Å²) in [5.41, 5.74) is 4.10. The van der Waals surface area contributed by atoms with Crippen molar-refractivity contribution in [1.82, 2.24) is 4.90 Å². The summed E-state index contributed by atoms with van der Waals surface area (Å²) in [7, 11) is 0. The van der Waals surface area contributed by atoms with Crippen molar-refractivity contribution >= 4 is 11.4 Å². The summed E-state index contributed by atoms with van der Waals surface area (Å²) in [5.74, 6) is -0.330. The van der Waals surface area contributed by atoms with Gasteiger partial charge >= 0.3 is 6.18 Å². The maximum Gasteiger partial charge on any atom is 0.422 e. The summed E-state index contributed by atoms with van der Waals surface area (Å²) in [6.07, 6.45) is -2.85. The standard InChI is InChI=1S/C17H21F3N4O3/c18-17(19,20)15-14(27-10-1-2-10)4-3-12(24(25)26)16(15)23-8-7-22-6-5-11(21)13(22)9-23/h3-4,10-11,13H,1-2,5-9,21H2/t11-,13+/m1/s1. The van der Waals surface area contributed by atoms with Crippen LogP contribution in [0.1, 0.15) is 24.8 Å². The molecule has 2 saturated heterocycles. The third kappa shape index (κ3) is 3.43. The Labute approximate surface area is 154 Å². The van der Waals surface area contributed by atoms with Crippen LogP contribution < -0.4 is 15.4 Å². The Morgan fingerprint density at radius 3 is 2.56 bits per heavy atom. The van der Waals surface area contributed by atoms with Crippen molar-refractivity contribution in [2.24, 2.45) is 5.73 Å². The summed E-state index contributed by atoms with van der Waals surface area (Å²) >= 11 is 0. The lowest BCUT2D eigenvalue weighted by Gasteiger charge is -2.40. The van der Waals surface area contributed by atoms with E-state index in [1.54, 1.807) is 0 Å². The fraction of sp³-hybridized carbons (Fsp3) is 0.647. The molecule has 148 valence electrons. The van der Waals surface area contributed by atoms with Gasteiger partial charge in [0.05, 0.1) is 11.0 Å². The molecule has 0 radical (unpaired) electrons. The van der Waals surface area contributed by atoms with Crippen LogP contribution in [0.4, 0.5) is 24.5 Å². The van der Waals surface area contributed by atoms with E-state index in [9.17, 15) is 23.3 Å². The maximum absolute atomic E-state index is 14.0. The van der Waals surface area contributed by atoms with Crippen LogP contribution in [0.25, 0.3) is 0 Å². The molecule has 0 unspecified atom stereocenters. The number of benzene rings is 1. The van der Waals surface area contributed by atoms with Crippen LogP contribution in [0.5, 0.6) is 5.75 Å². The van der Waals surface area contributed by atoms with Gasteiger partial charge in [-0.15, -0.1) is 0 Å². The van der Waals surface area contributed by atoms with Gasteiger partial charge in [0.15, 0.2) is 0 Å². The fourth-order valence-corrected chi connectivity index (χ4v) is 4.01.